The fourth-order valence-corrected chi connectivity index (χ4v) is 1.64. The number of nitrogens with two attached hydrogens (primary N) is 1. The molecule has 0 spiro atoms. The predicted molar refractivity (Wildman–Crippen MR) is 69.4 cm³/mol. The zero-order valence-electron chi connectivity index (χ0n) is 10.2. The molecule has 1 amide bonds. The third kappa shape index (κ3) is 3.37. The fraction of sp³-hybridized carbons (Fsp3) is 0.333. The summed E-state index contributed by atoms with van der Waals surface area (Å²) in [5, 5.41) is 2.72. The standard InChI is InChI=1S/C12H15ClN2O3/c1-3-18-12(17)7(2)15-11(16)10-8(13)5-4-6-9(10)14/h4-7H,3,14H2,1-2H3,(H,15,16). The smallest absolute Gasteiger partial charge is 0.328 e. The lowest BCUT2D eigenvalue weighted by Gasteiger charge is -2.14. The van der Waals surface area contributed by atoms with Gasteiger partial charge >= 0.3 is 5.97 Å². The number of carbonyl (C=O) groups excluding carboxylic acids is 2. The molecular weight excluding hydrogens is 256 g/mol. The van der Waals surface area contributed by atoms with Gasteiger partial charge in [0.25, 0.3) is 5.91 Å². The van der Waals surface area contributed by atoms with Gasteiger partial charge < -0.3 is 15.8 Å². The molecule has 1 aromatic rings. The molecule has 1 rings (SSSR count). The maximum Gasteiger partial charge on any atom is 0.328 e. The van der Waals surface area contributed by atoms with E-state index in [-0.39, 0.29) is 22.9 Å². The van der Waals surface area contributed by atoms with E-state index in [1.807, 2.05) is 0 Å². The lowest BCUT2D eigenvalue weighted by molar-refractivity contribution is -0.144. The van der Waals surface area contributed by atoms with E-state index in [1.165, 1.54) is 6.92 Å². The zero-order chi connectivity index (χ0) is 13.7. The molecule has 5 nitrogen and oxygen atoms in total. The summed E-state index contributed by atoms with van der Waals surface area (Å²) in [7, 11) is 0. The number of hydrogen-bond acceptors (Lipinski definition) is 4. The minimum Gasteiger partial charge on any atom is -0.464 e. The van der Waals surface area contributed by atoms with Crippen molar-refractivity contribution in [3.63, 3.8) is 0 Å². The molecule has 0 bridgehead atoms. The molecule has 0 aliphatic rings. The van der Waals surface area contributed by atoms with Gasteiger partial charge in [0, 0.05) is 5.69 Å². The first kappa shape index (κ1) is 14.3. The van der Waals surface area contributed by atoms with Crippen molar-refractivity contribution in [1.29, 1.82) is 0 Å². The maximum absolute atomic E-state index is 11.9. The molecule has 0 fully saturated rings. The highest BCUT2D eigenvalue weighted by molar-refractivity contribution is 6.34. The molecule has 0 radical (unpaired) electrons. The highest BCUT2D eigenvalue weighted by atomic mass is 35.5. The third-order valence-corrected chi connectivity index (χ3v) is 2.58. The van der Waals surface area contributed by atoms with Gasteiger partial charge in [-0.2, -0.15) is 0 Å². The monoisotopic (exact) mass is 270 g/mol. The summed E-state index contributed by atoms with van der Waals surface area (Å²) >= 11 is 5.89. The lowest BCUT2D eigenvalue weighted by atomic mass is 10.1. The van der Waals surface area contributed by atoms with Gasteiger partial charge in [0.2, 0.25) is 0 Å². The fourth-order valence-electron chi connectivity index (χ4n) is 1.38. The lowest BCUT2D eigenvalue weighted by Crippen LogP contribution is -2.39. The Labute approximate surface area is 110 Å². The third-order valence-electron chi connectivity index (χ3n) is 2.26. The van der Waals surface area contributed by atoms with E-state index in [0.29, 0.717) is 0 Å². The van der Waals surface area contributed by atoms with Gasteiger partial charge in [0.15, 0.2) is 0 Å². The Morgan fingerprint density at radius 2 is 2.17 bits per heavy atom. The molecule has 0 saturated carbocycles. The summed E-state index contributed by atoms with van der Waals surface area (Å²) in [6.07, 6.45) is 0. The van der Waals surface area contributed by atoms with Crippen LogP contribution in [-0.2, 0) is 9.53 Å². The molecule has 0 aliphatic heterocycles. The highest BCUT2D eigenvalue weighted by Gasteiger charge is 2.20. The van der Waals surface area contributed by atoms with Crippen LogP contribution in [0.3, 0.4) is 0 Å². The number of hydrogen-bond donors (Lipinski definition) is 2. The summed E-state index contributed by atoms with van der Waals surface area (Å²) in [5.74, 6) is -1.00. The number of anilines is 1. The zero-order valence-corrected chi connectivity index (χ0v) is 11.0. The predicted octanol–water partition coefficient (Wildman–Crippen LogP) is 1.60. The van der Waals surface area contributed by atoms with Crippen molar-refractivity contribution in [3.05, 3.63) is 28.8 Å². The molecule has 1 aromatic carbocycles. The highest BCUT2D eigenvalue weighted by Crippen LogP contribution is 2.21. The van der Waals surface area contributed by atoms with Crippen LogP contribution >= 0.6 is 11.6 Å². The minimum absolute atomic E-state index is 0.162. The van der Waals surface area contributed by atoms with Gasteiger partial charge in [-0.1, -0.05) is 17.7 Å². The maximum atomic E-state index is 11.9. The molecule has 3 N–H and O–H groups in total. The Bertz CT molecular complexity index is 442. The van der Waals surface area contributed by atoms with Gasteiger partial charge in [-0.05, 0) is 26.0 Å². The number of halogens is 1. The second-order valence-electron chi connectivity index (χ2n) is 3.65. The van der Waals surface area contributed by atoms with Crippen LogP contribution in [0.25, 0.3) is 0 Å². The van der Waals surface area contributed by atoms with Crippen LogP contribution < -0.4 is 11.1 Å². The summed E-state index contributed by atoms with van der Waals surface area (Å²) in [6.45, 7) is 3.48. The van der Waals surface area contributed by atoms with Gasteiger partial charge in [-0.15, -0.1) is 0 Å². The molecule has 1 unspecified atom stereocenters. The Kier molecular flexibility index (Phi) is 4.97. The van der Waals surface area contributed by atoms with Crippen molar-refractivity contribution >= 4 is 29.2 Å². The van der Waals surface area contributed by atoms with Crippen LogP contribution in [0.4, 0.5) is 5.69 Å². The van der Waals surface area contributed by atoms with E-state index in [0.717, 1.165) is 0 Å². The summed E-state index contributed by atoms with van der Waals surface area (Å²) in [4.78, 5) is 23.3. The minimum atomic E-state index is -0.756. The molecule has 1 atom stereocenters. The number of nitrogen functional groups attached to an aromatic ring is 1. The number of esters is 1. The average molecular weight is 271 g/mol. The van der Waals surface area contributed by atoms with Crippen LogP contribution in [0, 0.1) is 0 Å². The van der Waals surface area contributed by atoms with Gasteiger partial charge in [-0.25, -0.2) is 4.79 Å². The summed E-state index contributed by atoms with van der Waals surface area (Å²) < 4.78 is 4.78. The Morgan fingerprint density at radius 3 is 2.72 bits per heavy atom. The number of rotatable bonds is 4. The second kappa shape index (κ2) is 6.26. The Morgan fingerprint density at radius 1 is 1.50 bits per heavy atom. The van der Waals surface area contributed by atoms with Crippen LogP contribution in [0.15, 0.2) is 18.2 Å². The van der Waals surface area contributed by atoms with Gasteiger partial charge in [0.1, 0.15) is 6.04 Å². The normalized spacial score (nSPS) is 11.7. The summed E-state index contributed by atoms with van der Waals surface area (Å²) in [6, 6.07) is 4.01. The van der Waals surface area contributed by atoms with Crippen molar-refractivity contribution in [2.24, 2.45) is 0 Å². The number of nitrogens with one attached hydrogen (secondary N) is 1. The van der Waals surface area contributed by atoms with Crippen molar-refractivity contribution < 1.29 is 14.3 Å². The van der Waals surface area contributed by atoms with Crippen molar-refractivity contribution in [2.75, 3.05) is 12.3 Å². The number of amides is 1. The SMILES string of the molecule is CCOC(=O)C(C)NC(=O)c1c(N)cccc1Cl. The van der Waals surface area contributed by atoms with Crippen LogP contribution in [-0.4, -0.2) is 24.5 Å². The van der Waals surface area contributed by atoms with Crippen molar-refractivity contribution in [2.45, 2.75) is 19.9 Å². The van der Waals surface area contributed by atoms with Crippen molar-refractivity contribution in [3.8, 4) is 0 Å². The number of benzene rings is 1. The Hall–Kier alpha value is -1.75. The average Bonchev–Trinajstić information content (AvgIpc) is 2.28. The van der Waals surface area contributed by atoms with Crippen LogP contribution in [0.5, 0.6) is 0 Å². The van der Waals surface area contributed by atoms with Gasteiger partial charge in [0.05, 0.1) is 17.2 Å². The number of carbonyl (C=O) groups is 2. The molecular formula is C12H15ClN2O3. The van der Waals surface area contributed by atoms with Crippen molar-refractivity contribution in [1.82, 2.24) is 5.32 Å². The largest absolute Gasteiger partial charge is 0.464 e. The molecule has 0 aliphatic carbocycles. The van der Waals surface area contributed by atoms with Crippen LogP contribution in [0.1, 0.15) is 24.2 Å². The topological polar surface area (TPSA) is 81.4 Å². The van der Waals surface area contributed by atoms with E-state index in [1.54, 1.807) is 25.1 Å². The van der Waals surface area contributed by atoms with E-state index in [2.05, 4.69) is 5.32 Å². The first-order valence-corrected chi connectivity index (χ1v) is 5.86. The molecule has 0 saturated heterocycles. The quantitative estimate of drug-likeness (QED) is 0.643. The molecule has 98 valence electrons. The molecule has 18 heavy (non-hydrogen) atoms. The molecule has 0 heterocycles. The second-order valence-corrected chi connectivity index (χ2v) is 4.06. The first-order valence-electron chi connectivity index (χ1n) is 5.48. The number of ether oxygens (including phenoxy) is 1. The van der Waals surface area contributed by atoms with E-state index in [9.17, 15) is 9.59 Å². The first-order chi connectivity index (χ1) is 8.47. The van der Waals surface area contributed by atoms with E-state index < -0.39 is 17.9 Å². The van der Waals surface area contributed by atoms with E-state index in [4.69, 9.17) is 22.1 Å². The van der Waals surface area contributed by atoms with E-state index >= 15 is 0 Å². The molecule has 0 aromatic heterocycles. The summed E-state index contributed by atoms with van der Waals surface area (Å²) in [5.41, 5.74) is 6.09. The molecule has 6 heteroatoms. The van der Waals surface area contributed by atoms with Crippen LogP contribution in [0.2, 0.25) is 5.02 Å². The Balaban J connectivity index is 2.80. The van der Waals surface area contributed by atoms with Gasteiger partial charge in [-0.3, -0.25) is 4.79 Å².